The average Bonchev–Trinajstić information content (AvgIpc) is 0.763. The van der Waals surface area contributed by atoms with E-state index in [1.807, 2.05) is 0 Å². The molecule has 39 N–H and O–H groups in total. The van der Waals surface area contributed by atoms with Gasteiger partial charge in [-0.1, -0.05) is 0 Å². The van der Waals surface area contributed by atoms with E-state index >= 15 is 0 Å². The summed E-state index contributed by atoms with van der Waals surface area (Å²) in [7, 11) is 0. The average molecular weight is 2010 g/mol. The van der Waals surface area contributed by atoms with E-state index in [2.05, 4.69) is 5.32 Å². The normalized spacial score (nSPS) is 50.4. The van der Waals surface area contributed by atoms with Crippen molar-refractivity contribution in [3.63, 3.8) is 0 Å². The van der Waals surface area contributed by atoms with Crippen molar-refractivity contribution >= 4 is 5.91 Å². The SMILES string of the molecule is CC(=O)N[C@@H](CO)[C@@H](O)[C@H](O[C@@H]1O[C@H](CO[C@H]2O[C@H](CO[C@H]3O[C@H](CO)[C@@H](O)[C@H](O)[C@@H]3O[C@H]3O[C@H](CO)[C@@H](O)[C@H](O)[C@@H]3O)[C@@H](O)[C@H](O[C@H]3O[C@H](CO)[C@@H](O)[C@H](O)[C@@H]3O[C@H]3O[C@H](CO)[C@@H](O)[C@H](O)[C@@H]3O)[C@@H]2O)[C@@H](O)[C@H](O[C@H]2O[C@H](CO)[C@@H](O)[C@H](O)[C@@H]2O[C@H]2O[C@H](CO)[C@@H](O)[C@H](O)[C@@H]2O[C@H]2O[C@H](CO)[C@@H](O)[C@H](O[C@H]3O[C@H](CO)[C@@H](O)[C@H](O[C@H]4O[C@H](CO)[C@@H](O)[C@H](O)[C@H]4O)[C@H]3O)[C@@H]2O)[C@@H]1O)[C@H](O)CO. The molecule has 11 aliphatic rings. The molecule has 0 saturated carbocycles. The summed E-state index contributed by atoms with van der Waals surface area (Å²) >= 11 is 0. The molecule has 11 fully saturated rings. The van der Waals surface area contributed by atoms with Crippen LogP contribution in [0.15, 0.2) is 0 Å². The third-order valence-corrected chi connectivity index (χ3v) is 25.1. The summed E-state index contributed by atoms with van der Waals surface area (Å²) in [5, 5.41) is 425. The Hall–Kier alpha value is -2.93. The summed E-state index contributed by atoms with van der Waals surface area (Å²) in [6, 6.07) is -1.86. The first-order valence-electron chi connectivity index (χ1n) is 43.1. The van der Waals surface area contributed by atoms with Gasteiger partial charge < -0.3 is 304 Å². The molecule has 0 unspecified atom stereocenters. The van der Waals surface area contributed by atoms with Crippen molar-refractivity contribution in [2.24, 2.45) is 0 Å². The van der Waals surface area contributed by atoms with E-state index in [1.165, 1.54) is 0 Å². The fourth-order valence-electron chi connectivity index (χ4n) is 17.1. The van der Waals surface area contributed by atoms with Crippen LogP contribution in [0.25, 0.3) is 0 Å². The third-order valence-electron chi connectivity index (χ3n) is 25.1. The van der Waals surface area contributed by atoms with Crippen molar-refractivity contribution in [2.45, 2.75) is 369 Å². The molecule has 62 heteroatoms. The van der Waals surface area contributed by atoms with Gasteiger partial charge >= 0.3 is 0 Å². The summed E-state index contributed by atoms with van der Waals surface area (Å²) in [5.74, 6) is -0.949. The molecule has 136 heavy (non-hydrogen) atoms. The Labute approximate surface area is 767 Å². The van der Waals surface area contributed by atoms with Crippen LogP contribution in [0.5, 0.6) is 0 Å². The third kappa shape index (κ3) is 24.5. The summed E-state index contributed by atoms with van der Waals surface area (Å²) in [4.78, 5) is 12.4. The molecule has 0 bridgehead atoms. The number of amides is 1. The molecule has 0 aliphatic carbocycles. The van der Waals surface area contributed by atoms with Gasteiger partial charge in [-0.15, -0.1) is 0 Å². The van der Waals surface area contributed by atoms with E-state index in [1.54, 1.807) is 0 Å². The van der Waals surface area contributed by atoms with Crippen LogP contribution in [-0.4, -0.2) is 648 Å². The molecule has 0 aromatic carbocycles. The van der Waals surface area contributed by atoms with E-state index in [9.17, 15) is 199 Å². The first-order chi connectivity index (χ1) is 64.5. The lowest BCUT2D eigenvalue weighted by molar-refractivity contribution is -0.411. The molecule has 11 heterocycles. The predicted molar refractivity (Wildman–Crippen MR) is 409 cm³/mol. The zero-order chi connectivity index (χ0) is 100. The highest BCUT2D eigenvalue weighted by atomic mass is 16.8. The fraction of sp³-hybridized carbons (Fsp3) is 0.986. The molecule has 11 rings (SSSR count). The number of carbonyl (C=O) groups excluding carboxylic acids is 1. The molecule has 11 aliphatic heterocycles. The van der Waals surface area contributed by atoms with Crippen molar-refractivity contribution in [1.82, 2.24) is 5.32 Å². The molecule has 59 atom stereocenters. The summed E-state index contributed by atoms with van der Waals surface area (Å²) in [6.07, 6.45) is -132. The number of nitrogens with one attached hydrogen (secondary N) is 1. The van der Waals surface area contributed by atoms with Crippen molar-refractivity contribution in [1.29, 1.82) is 0 Å². The van der Waals surface area contributed by atoms with E-state index < -0.39 is 454 Å². The van der Waals surface area contributed by atoms with E-state index in [0.717, 1.165) is 6.92 Å². The highest BCUT2D eigenvalue weighted by Crippen LogP contribution is 2.42. The summed E-state index contributed by atoms with van der Waals surface area (Å²) in [6.45, 7) is -14.7. The van der Waals surface area contributed by atoms with Gasteiger partial charge in [-0.25, -0.2) is 0 Å². The standard InChI is InChI=1S/C74H127NO61/c1-15(87)75-16(2-76)29(89)55(17(88)3-77)128-70-54(114)59(132-73-63(47(107)36(96)23(9-83)124-73)136-74-62(46(106)35(95)24(10-84)125-74)135-69-53(113)57(38(98)26(12-86)121-69)130-68-52(112)56(37(97)25(11-85)120-68)129-65-48(108)41(101)30(90)18(4-78)117-65)40(100)28(127-70)13-115-64-51(111)58(131-72-61(45(105)34(94)22(8-82)123-72)134-67-50(110)43(103)32(92)20(6-80)119-67)39(99)27(126-64)14-116-71-60(44(104)33(93)21(7-81)122-71)133-66-49(109)42(102)31(91)19(5-79)118-66/h16-74,76-86,88-114H,2-14H2,1H3,(H,75,87)/t16-,17+,18+,19+,20+,21+,22+,23+,24+,25+,26+,27+,28+,29+,30+,31+,32+,33+,34+,35+,36+,37+,38+,39+,40+,41-,42-,43-,44-,45-,46-,47-,48+,49-,50-,51-,52+,53-,54-,55+,56-,57-,58-,59-,60-,61-,62-,63-,64-,65+,66+,67+,68+,69+,70-,71-,72+,73+,74+/m0/s1. The van der Waals surface area contributed by atoms with Gasteiger partial charge in [0.25, 0.3) is 0 Å². The number of aliphatic hydroxyl groups excluding tert-OH is 38. The Bertz CT molecular complexity index is 3540. The van der Waals surface area contributed by atoms with Crippen molar-refractivity contribution in [2.75, 3.05) is 85.9 Å². The minimum absolute atomic E-state index is 0.904. The highest BCUT2D eigenvalue weighted by Gasteiger charge is 2.63. The minimum atomic E-state index is -2.74. The number of hydrogen-bond donors (Lipinski definition) is 39. The predicted octanol–water partition coefficient (Wildman–Crippen LogP) is -27.4. The number of carbonyl (C=O) groups is 1. The van der Waals surface area contributed by atoms with Gasteiger partial charge in [-0.05, 0) is 0 Å². The molecule has 0 radical (unpaired) electrons. The van der Waals surface area contributed by atoms with Crippen molar-refractivity contribution in [3.8, 4) is 0 Å². The quantitative estimate of drug-likeness (QED) is 0.0272. The van der Waals surface area contributed by atoms with E-state index in [0.29, 0.717) is 0 Å². The molecular formula is C74H127NO61. The monoisotopic (exact) mass is 2010 g/mol. The second-order valence-corrected chi connectivity index (χ2v) is 34.2. The Morgan fingerprint density at radius 1 is 0.235 bits per heavy atom. The molecule has 0 aromatic heterocycles. The topological polar surface area (TPSA) is 1000 Å². The summed E-state index contributed by atoms with van der Waals surface area (Å²) in [5.41, 5.74) is 0. The lowest BCUT2D eigenvalue weighted by Gasteiger charge is -2.50. The minimum Gasteiger partial charge on any atom is -0.394 e. The maximum absolute atomic E-state index is 12.8. The Balaban J connectivity index is 0.922. The fourth-order valence-corrected chi connectivity index (χ4v) is 17.1. The summed E-state index contributed by atoms with van der Waals surface area (Å²) < 4.78 is 128. The highest BCUT2D eigenvalue weighted by molar-refractivity contribution is 5.73. The van der Waals surface area contributed by atoms with Gasteiger partial charge in [-0.2, -0.15) is 0 Å². The smallest absolute Gasteiger partial charge is 0.217 e. The van der Waals surface area contributed by atoms with Gasteiger partial charge in [0.05, 0.1) is 91.9 Å². The maximum atomic E-state index is 12.8. The number of hydrogen-bond acceptors (Lipinski definition) is 61. The van der Waals surface area contributed by atoms with Gasteiger partial charge in [-0.3, -0.25) is 4.79 Å². The van der Waals surface area contributed by atoms with Crippen LogP contribution < -0.4 is 5.32 Å². The maximum Gasteiger partial charge on any atom is 0.217 e. The number of rotatable bonds is 39. The second kappa shape index (κ2) is 50.0. The van der Waals surface area contributed by atoms with Crippen molar-refractivity contribution in [3.05, 3.63) is 0 Å². The van der Waals surface area contributed by atoms with Gasteiger partial charge in [0.15, 0.2) is 69.2 Å². The number of aliphatic hydroxyl groups is 38. The van der Waals surface area contributed by atoms with Crippen molar-refractivity contribution < 1.29 is 303 Å². The van der Waals surface area contributed by atoms with Gasteiger partial charge in [0, 0.05) is 6.92 Å². The zero-order valence-corrected chi connectivity index (χ0v) is 71.6. The first-order valence-corrected chi connectivity index (χ1v) is 43.1. The molecule has 794 valence electrons. The van der Waals surface area contributed by atoms with Crippen LogP contribution in [0.3, 0.4) is 0 Å². The van der Waals surface area contributed by atoms with E-state index in [-0.39, 0.29) is 0 Å². The molecular weight excluding hydrogens is 1880 g/mol. The Kier molecular flexibility index (Phi) is 41.7. The van der Waals surface area contributed by atoms with Gasteiger partial charge in [0.2, 0.25) is 5.91 Å². The van der Waals surface area contributed by atoms with Gasteiger partial charge in [0.1, 0.15) is 287 Å². The molecule has 1 amide bonds. The van der Waals surface area contributed by atoms with E-state index in [4.69, 9.17) is 104 Å². The molecule has 0 spiro atoms. The molecule has 62 nitrogen and oxygen atoms in total. The largest absolute Gasteiger partial charge is 0.394 e. The van der Waals surface area contributed by atoms with Crippen LogP contribution in [0.2, 0.25) is 0 Å². The molecule has 0 aromatic rings. The van der Waals surface area contributed by atoms with Crippen LogP contribution in [0, 0.1) is 0 Å². The Morgan fingerprint density at radius 2 is 0.449 bits per heavy atom. The zero-order valence-electron chi connectivity index (χ0n) is 71.6. The Morgan fingerprint density at radius 3 is 0.743 bits per heavy atom. The second-order valence-electron chi connectivity index (χ2n) is 34.2. The first kappa shape index (κ1) is 113. The van der Waals surface area contributed by atoms with Crippen LogP contribution in [0.4, 0.5) is 0 Å². The lowest BCUT2D eigenvalue weighted by Crippen LogP contribution is -2.69. The lowest BCUT2D eigenvalue weighted by atomic mass is 9.95. The van der Waals surface area contributed by atoms with Crippen LogP contribution in [-0.2, 0) is 109 Å². The number of ether oxygens (including phenoxy) is 22. The van der Waals surface area contributed by atoms with Crippen LogP contribution in [0.1, 0.15) is 6.92 Å². The molecule has 11 saturated heterocycles. The van der Waals surface area contributed by atoms with Crippen LogP contribution >= 0.6 is 0 Å².